The van der Waals surface area contributed by atoms with Gasteiger partial charge in [-0.2, -0.15) is 8.42 Å². The summed E-state index contributed by atoms with van der Waals surface area (Å²) in [6, 6.07) is 12.5. The highest BCUT2D eigenvalue weighted by molar-refractivity contribution is 7.85. The first kappa shape index (κ1) is 18.6. The Hall–Kier alpha value is -0.780. The summed E-state index contributed by atoms with van der Waals surface area (Å²) in [5, 5.41) is 1.59. The van der Waals surface area contributed by atoms with Crippen molar-refractivity contribution in [2.75, 3.05) is 12.9 Å². The van der Waals surface area contributed by atoms with Gasteiger partial charge in [0.1, 0.15) is 0 Å². The van der Waals surface area contributed by atoms with Gasteiger partial charge in [-0.15, -0.1) is 0 Å². The molecule has 0 N–H and O–H groups in total. The van der Waals surface area contributed by atoms with Crippen LogP contribution in [0.25, 0.3) is 0 Å². The van der Waals surface area contributed by atoms with Crippen LogP contribution in [0.3, 0.4) is 0 Å². The summed E-state index contributed by atoms with van der Waals surface area (Å²) >= 11 is 18.4. The molecule has 0 aliphatic carbocycles. The molecular formula is C16H15Cl3O3S. The van der Waals surface area contributed by atoms with Crippen LogP contribution in [0.5, 0.6) is 0 Å². The van der Waals surface area contributed by atoms with E-state index in [0.29, 0.717) is 21.5 Å². The Balaban J connectivity index is 2.33. The Labute approximate surface area is 151 Å². The van der Waals surface area contributed by atoms with Gasteiger partial charge in [-0.3, -0.25) is 4.18 Å². The molecule has 0 aliphatic heterocycles. The van der Waals surface area contributed by atoms with Crippen molar-refractivity contribution in [2.45, 2.75) is 12.3 Å². The van der Waals surface area contributed by atoms with Crippen molar-refractivity contribution in [3.63, 3.8) is 0 Å². The van der Waals surface area contributed by atoms with Crippen LogP contribution in [0.2, 0.25) is 15.1 Å². The molecule has 2 aromatic rings. The highest BCUT2D eigenvalue weighted by atomic mass is 35.5. The quantitative estimate of drug-likeness (QED) is 0.652. The second kappa shape index (κ2) is 7.86. The fourth-order valence-electron chi connectivity index (χ4n) is 2.23. The predicted molar refractivity (Wildman–Crippen MR) is 95.2 cm³/mol. The molecule has 0 heterocycles. The Morgan fingerprint density at radius 2 is 1.74 bits per heavy atom. The van der Waals surface area contributed by atoms with E-state index < -0.39 is 10.1 Å². The molecule has 2 rings (SSSR count). The number of hydrogen-bond donors (Lipinski definition) is 0. The minimum absolute atomic E-state index is 0.0224. The third kappa shape index (κ3) is 5.66. The first-order chi connectivity index (χ1) is 10.8. The Morgan fingerprint density at radius 3 is 2.35 bits per heavy atom. The van der Waals surface area contributed by atoms with Crippen LogP contribution in [0.4, 0.5) is 0 Å². The van der Waals surface area contributed by atoms with Crippen molar-refractivity contribution in [1.82, 2.24) is 0 Å². The first-order valence-corrected chi connectivity index (χ1v) is 9.74. The molecule has 0 spiro atoms. The van der Waals surface area contributed by atoms with E-state index in [1.807, 2.05) is 18.2 Å². The van der Waals surface area contributed by atoms with E-state index in [0.717, 1.165) is 17.4 Å². The van der Waals surface area contributed by atoms with Gasteiger partial charge in [0.15, 0.2) is 0 Å². The standard InChI is InChI=1S/C16H15Cl3O3S/c1-23(20,21)22-10-12(8-11-4-2-3-5-15(11)18)14-7-6-13(17)9-16(14)19/h2-7,9,12H,8,10H2,1H3. The summed E-state index contributed by atoms with van der Waals surface area (Å²) in [5.74, 6) is -0.269. The van der Waals surface area contributed by atoms with Crippen LogP contribution >= 0.6 is 34.8 Å². The third-order valence-electron chi connectivity index (χ3n) is 3.31. The molecule has 0 saturated heterocycles. The summed E-state index contributed by atoms with van der Waals surface area (Å²) < 4.78 is 27.6. The van der Waals surface area contributed by atoms with Crippen molar-refractivity contribution in [3.8, 4) is 0 Å². The molecule has 1 unspecified atom stereocenters. The lowest BCUT2D eigenvalue weighted by molar-refractivity contribution is 0.293. The van der Waals surface area contributed by atoms with E-state index in [4.69, 9.17) is 39.0 Å². The maximum absolute atomic E-state index is 11.3. The second-order valence-corrected chi connectivity index (χ2v) is 8.04. The van der Waals surface area contributed by atoms with E-state index in [2.05, 4.69) is 0 Å². The van der Waals surface area contributed by atoms with Gasteiger partial charge in [0.25, 0.3) is 10.1 Å². The number of halogens is 3. The van der Waals surface area contributed by atoms with E-state index in [1.54, 1.807) is 24.3 Å². The summed E-state index contributed by atoms with van der Waals surface area (Å²) in [6.07, 6.45) is 1.51. The average molecular weight is 394 g/mol. The Bertz CT molecular complexity index is 791. The van der Waals surface area contributed by atoms with Crippen LogP contribution in [0.15, 0.2) is 42.5 Å². The maximum atomic E-state index is 11.3. The topological polar surface area (TPSA) is 43.4 Å². The molecule has 0 aliphatic rings. The Kier molecular flexibility index (Phi) is 6.34. The van der Waals surface area contributed by atoms with Gasteiger partial charge in [0.2, 0.25) is 0 Å². The average Bonchev–Trinajstić information content (AvgIpc) is 2.45. The molecule has 0 aromatic heterocycles. The fourth-order valence-corrected chi connectivity index (χ4v) is 3.41. The zero-order valence-corrected chi connectivity index (χ0v) is 15.4. The molecular weight excluding hydrogens is 379 g/mol. The maximum Gasteiger partial charge on any atom is 0.264 e. The molecule has 1 atom stereocenters. The largest absolute Gasteiger partial charge is 0.270 e. The van der Waals surface area contributed by atoms with Crippen molar-refractivity contribution >= 4 is 44.9 Å². The molecule has 7 heteroatoms. The van der Waals surface area contributed by atoms with Gasteiger partial charge in [0.05, 0.1) is 12.9 Å². The van der Waals surface area contributed by atoms with Crippen LogP contribution < -0.4 is 0 Å². The summed E-state index contributed by atoms with van der Waals surface area (Å²) in [7, 11) is -3.55. The zero-order chi connectivity index (χ0) is 17.0. The third-order valence-corrected chi connectivity index (χ3v) is 4.81. The molecule has 124 valence electrons. The molecule has 0 saturated carbocycles. The molecule has 0 fully saturated rings. The van der Waals surface area contributed by atoms with Crippen molar-refractivity contribution in [3.05, 3.63) is 68.7 Å². The fraction of sp³-hybridized carbons (Fsp3) is 0.250. The Morgan fingerprint density at radius 1 is 1.04 bits per heavy atom. The van der Waals surface area contributed by atoms with Crippen LogP contribution in [0.1, 0.15) is 17.0 Å². The highest BCUT2D eigenvalue weighted by Gasteiger charge is 2.19. The van der Waals surface area contributed by atoms with Crippen molar-refractivity contribution in [2.24, 2.45) is 0 Å². The summed E-state index contributed by atoms with van der Waals surface area (Å²) in [5.41, 5.74) is 1.65. The molecule has 0 bridgehead atoms. The van der Waals surface area contributed by atoms with Gasteiger partial charge < -0.3 is 0 Å². The smallest absolute Gasteiger partial charge is 0.264 e. The van der Waals surface area contributed by atoms with E-state index in [-0.39, 0.29) is 12.5 Å². The minimum atomic E-state index is -3.55. The monoisotopic (exact) mass is 392 g/mol. The minimum Gasteiger partial charge on any atom is -0.270 e. The lowest BCUT2D eigenvalue weighted by Gasteiger charge is -2.19. The van der Waals surface area contributed by atoms with Gasteiger partial charge in [0, 0.05) is 21.0 Å². The molecule has 0 radical (unpaired) electrons. The summed E-state index contributed by atoms with van der Waals surface area (Å²) in [4.78, 5) is 0. The van der Waals surface area contributed by atoms with Crippen LogP contribution in [-0.4, -0.2) is 21.3 Å². The lowest BCUT2D eigenvalue weighted by atomic mass is 9.92. The van der Waals surface area contributed by atoms with Crippen LogP contribution in [-0.2, 0) is 20.7 Å². The zero-order valence-electron chi connectivity index (χ0n) is 12.3. The number of rotatable bonds is 6. The van der Waals surface area contributed by atoms with E-state index in [9.17, 15) is 8.42 Å². The SMILES string of the molecule is CS(=O)(=O)OCC(Cc1ccccc1Cl)c1ccc(Cl)cc1Cl. The van der Waals surface area contributed by atoms with E-state index >= 15 is 0 Å². The molecule has 23 heavy (non-hydrogen) atoms. The second-order valence-electron chi connectivity index (χ2n) is 5.15. The van der Waals surface area contributed by atoms with Crippen LogP contribution in [0, 0.1) is 0 Å². The number of hydrogen-bond acceptors (Lipinski definition) is 3. The molecule has 0 amide bonds. The first-order valence-electron chi connectivity index (χ1n) is 6.79. The number of benzene rings is 2. The van der Waals surface area contributed by atoms with Gasteiger partial charge >= 0.3 is 0 Å². The predicted octanol–water partition coefficient (Wildman–Crippen LogP) is 4.95. The van der Waals surface area contributed by atoms with E-state index in [1.165, 1.54) is 0 Å². The molecule has 2 aromatic carbocycles. The summed E-state index contributed by atoms with van der Waals surface area (Å²) in [6.45, 7) is -0.0224. The van der Waals surface area contributed by atoms with Gasteiger partial charge in [-0.05, 0) is 35.7 Å². The van der Waals surface area contributed by atoms with Gasteiger partial charge in [-0.1, -0.05) is 59.1 Å². The van der Waals surface area contributed by atoms with Crippen molar-refractivity contribution < 1.29 is 12.6 Å². The van der Waals surface area contributed by atoms with Gasteiger partial charge in [-0.25, -0.2) is 0 Å². The highest BCUT2D eigenvalue weighted by Crippen LogP contribution is 2.32. The molecule has 3 nitrogen and oxygen atoms in total. The lowest BCUT2D eigenvalue weighted by Crippen LogP contribution is -2.15. The normalized spacial score (nSPS) is 13.0. The van der Waals surface area contributed by atoms with Crippen molar-refractivity contribution in [1.29, 1.82) is 0 Å².